The summed E-state index contributed by atoms with van der Waals surface area (Å²) in [5.41, 5.74) is 2.88. The lowest BCUT2D eigenvalue weighted by atomic mass is 10.1. The molecule has 1 heterocycles. The summed E-state index contributed by atoms with van der Waals surface area (Å²) >= 11 is 0.800. The first-order chi connectivity index (χ1) is 14.4. The molecule has 0 bridgehead atoms. The number of carbonyl (C=O) groups is 3. The predicted molar refractivity (Wildman–Crippen MR) is 116 cm³/mol. The van der Waals surface area contributed by atoms with Gasteiger partial charge in [0, 0.05) is 5.56 Å². The Morgan fingerprint density at radius 1 is 1.13 bits per heavy atom. The highest BCUT2D eigenvalue weighted by molar-refractivity contribution is 8.18. The topological polar surface area (TPSA) is 72.9 Å². The minimum Gasteiger partial charge on any atom is -0.488 e. The van der Waals surface area contributed by atoms with E-state index in [0.29, 0.717) is 17.9 Å². The molecule has 0 radical (unpaired) electrons. The van der Waals surface area contributed by atoms with E-state index >= 15 is 0 Å². The monoisotopic (exact) mass is 425 g/mol. The summed E-state index contributed by atoms with van der Waals surface area (Å²) in [5.74, 6) is -0.523. The normalized spacial score (nSPS) is 16.1. The number of esters is 1. The average Bonchev–Trinajstić information content (AvgIpc) is 3.01. The molecule has 0 aliphatic carbocycles. The van der Waals surface area contributed by atoms with Crippen molar-refractivity contribution in [3.8, 4) is 5.75 Å². The number of amides is 2. The highest BCUT2D eigenvalue weighted by Crippen LogP contribution is 2.35. The molecule has 6 nitrogen and oxygen atoms in total. The van der Waals surface area contributed by atoms with Gasteiger partial charge in [0.1, 0.15) is 18.4 Å². The molecule has 0 spiro atoms. The molecule has 0 N–H and O–H groups in total. The maximum Gasteiger partial charge on any atom is 0.329 e. The molecule has 1 aliphatic rings. The SMILES string of the molecule is CCOC(=O)[C@H](C)N1C(=O)S/C(=C/c2ccccc2OCc2ccc(C)cc2)C1=O. The number of hydrogen-bond acceptors (Lipinski definition) is 6. The molecule has 2 aromatic carbocycles. The molecular formula is C23H23NO5S. The Morgan fingerprint density at radius 2 is 1.83 bits per heavy atom. The fourth-order valence-corrected chi connectivity index (χ4v) is 3.80. The molecule has 2 amide bonds. The van der Waals surface area contributed by atoms with E-state index < -0.39 is 23.2 Å². The van der Waals surface area contributed by atoms with Crippen LogP contribution >= 0.6 is 11.8 Å². The van der Waals surface area contributed by atoms with Crippen LogP contribution in [0.2, 0.25) is 0 Å². The van der Waals surface area contributed by atoms with E-state index in [1.54, 1.807) is 13.0 Å². The number of rotatable bonds is 7. The van der Waals surface area contributed by atoms with Gasteiger partial charge in [0.2, 0.25) is 0 Å². The molecule has 1 fully saturated rings. The zero-order chi connectivity index (χ0) is 21.7. The van der Waals surface area contributed by atoms with Crippen molar-refractivity contribution < 1.29 is 23.9 Å². The quantitative estimate of drug-likeness (QED) is 0.478. The van der Waals surface area contributed by atoms with Gasteiger partial charge in [-0.25, -0.2) is 4.79 Å². The van der Waals surface area contributed by atoms with Crippen molar-refractivity contribution in [3.63, 3.8) is 0 Å². The maximum atomic E-state index is 12.8. The third-order valence-corrected chi connectivity index (χ3v) is 5.44. The van der Waals surface area contributed by atoms with E-state index in [2.05, 4.69) is 0 Å². The summed E-state index contributed by atoms with van der Waals surface area (Å²) in [6.07, 6.45) is 1.62. The molecule has 1 aliphatic heterocycles. The van der Waals surface area contributed by atoms with Gasteiger partial charge in [-0.05, 0) is 50.2 Å². The van der Waals surface area contributed by atoms with E-state index in [-0.39, 0.29) is 11.5 Å². The minimum atomic E-state index is -0.976. The molecule has 0 aromatic heterocycles. The van der Waals surface area contributed by atoms with Gasteiger partial charge in [-0.3, -0.25) is 14.5 Å². The van der Waals surface area contributed by atoms with Crippen LogP contribution in [0.15, 0.2) is 53.4 Å². The summed E-state index contributed by atoms with van der Waals surface area (Å²) in [7, 11) is 0. The Balaban J connectivity index is 1.78. The predicted octanol–water partition coefficient (Wildman–Crippen LogP) is 4.56. The smallest absolute Gasteiger partial charge is 0.329 e. The first-order valence-electron chi connectivity index (χ1n) is 9.61. The summed E-state index contributed by atoms with van der Waals surface area (Å²) < 4.78 is 10.9. The van der Waals surface area contributed by atoms with Gasteiger partial charge in [0.15, 0.2) is 0 Å². The molecular weight excluding hydrogens is 402 g/mol. The standard InChI is InChI=1S/C23H23NO5S/c1-4-28-22(26)16(3)24-21(25)20(30-23(24)27)13-18-7-5-6-8-19(18)29-14-17-11-9-15(2)10-12-17/h5-13,16H,4,14H2,1-3H3/b20-13+/t16-/m0/s1. The van der Waals surface area contributed by atoms with Gasteiger partial charge in [-0.2, -0.15) is 0 Å². The third kappa shape index (κ3) is 4.91. The van der Waals surface area contributed by atoms with Crippen molar-refractivity contribution >= 4 is 35.0 Å². The highest BCUT2D eigenvalue weighted by atomic mass is 32.2. The Morgan fingerprint density at radius 3 is 2.53 bits per heavy atom. The number of thioether (sulfide) groups is 1. The Hall–Kier alpha value is -3.06. The van der Waals surface area contributed by atoms with Crippen LogP contribution < -0.4 is 4.74 Å². The average molecular weight is 426 g/mol. The number of imide groups is 1. The van der Waals surface area contributed by atoms with Gasteiger partial charge >= 0.3 is 5.97 Å². The number of para-hydroxylation sites is 1. The zero-order valence-electron chi connectivity index (χ0n) is 17.1. The number of benzene rings is 2. The molecule has 2 aromatic rings. The van der Waals surface area contributed by atoms with Crippen molar-refractivity contribution in [1.82, 2.24) is 4.90 Å². The molecule has 7 heteroatoms. The lowest BCUT2D eigenvalue weighted by Gasteiger charge is -2.19. The Labute approximate surface area is 179 Å². The Bertz CT molecular complexity index is 983. The van der Waals surface area contributed by atoms with E-state index in [0.717, 1.165) is 22.2 Å². The number of ether oxygens (including phenoxy) is 2. The number of nitrogens with zero attached hydrogens (tertiary/aromatic N) is 1. The van der Waals surface area contributed by atoms with Crippen molar-refractivity contribution in [3.05, 3.63) is 70.1 Å². The summed E-state index contributed by atoms with van der Waals surface area (Å²) in [4.78, 5) is 38.2. The lowest BCUT2D eigenvalue weighted by molar-refractivity contribution is -0.150. The van der Waals surface area contributed by atoms with Crippen LogP contribution in [0.5, 0.6) is 5.75 Å². The van der Waals surface area contributed by atoms with Crippen LogP contribution in [0.1, 0.15) is 30.5 Å². The fraction of sp³-hybridized carbons (Fsp3) is 0.261. The maximum absolute atomic E-state index is 12.8. The van der Waals surface area contributed by atoms with E-state index in [1.807, 2.05) is 55.5 Å². The summed E-state index contributed by atoms with van der Waals surface area (Å²) in [5, 5.41) is -0.496. The molecule has 0 unspecified atom stereocenters. The Kier molecular flexibility index (Phi) is 6.95. The first-order valence-corrected chi connectivity index (χ1v) is 10.4. The van der Waals surface area contributed by atoms with Gasteiger partial charge < -0.3 is 9.47 Å². The van der Waals surface area contributed by atoms with Gasteiger partial charge in [-0.1, -0.05) is 48.0 Å². The molecule has 1 atom stereocenters. The largest absolute Gasteiger partial charge is 0.488 e. The number of aryl methyl sites for hydroxylation is 1. The van der Waals surface area contributed by atoms with E-state index in [4.69, 9.17) is 9.47 Å². The van der Waals surface area contributed by atoms with Crippen LogP contribution in [-0.2, 0) is 20.9 Å². The molecule has 156 valence electrons. The van der Waals surface area contributed by atoms with E-state index in [1.165, 1.54) is 12.5 Å². The molecule has 30 heavy (non-hydrogen) atoms. The molecule has 0 saturated carbocycles. The first kappa shape index (κ1) is 21.6. The van der Waals surface area contributed by atoms with Gasteiger partial charge in [-0.15, -0.1) is 0 Å². The fourth-order valence-electron chi connectivity index (χ4n) is 2.90. The van der Waals surface area contributed by atoms with Crippen LogP contribution in [0.25, 0.3) is 6.08 Å². The second-order valence-electron chi connectivity index (χ2n) is 6.79. The van der Waals surface area contributed by atoms with Crippen molar-refractivity contribution in [2.45, 2.75) is 33.4 Å². The summed E-state index contributed by atoms with van der Waals surface area (Å²) in [6.45, 7) is 5.74. The van der Waals surface area contributed by atoms with Gasteiger partial charge in [0.25, 0.3) is 11.1 Å². The lowest BCUT2D eigenvalue weighted by Crippen LogP contribution is -2.42. The summed E-state index contributed by atoms with van der Waals surface area (Å²) in [6, 6.07) is 14.4. The van der Waals surface area contributed by atoms with Crippen LogP contribution in [0.3, 0.4) is 0 Å². The van der Waals surface area contributed by atoms with Crippen LogP contribution in [0.4, 0.5) is 4.79 Å². The van der Waals surface area contributed by atoms with Crippen molar-refractivity contribution in [1.29, 1.82) is 0 Å². The second-order valence-corrected chi connectivity index (χ2v) is 7.79. The molecule has 3 rings (SSSR count). The van der Waals surface area contributed by atoms with Crippen molar-refractivity contribution in [2.24, 2.45) is 0 Å². The zero-order valence-corrected chi connectivity index (χ0v) is 17.9. The van der Waals surface area contributed by atoms with Crippen molar-refractivity contribution in [2.75, 3.05) is 6.61 Å². The number of hydrogen-bond donors (Lipinski definition) is 0. The molecule has 1 saturated heterocycles. The van der Waals surface area contributed by atoms with Gasteiger partial charge in [0.05, 0.1) is 11.5 Å². The van der Waals surface area contributed by atoms with E-state index in [9.17, 15) is 14.4 Å². The second kappa shape index (κ2) is 9.63. The third-order valence-electron chi connectivity index (χ3n) is 4.56. The number of carbonyl (C=O) groups excluding carboxylic acids is 3. The van der Waals surface area contributed by atoms with Crippen LogP contribution in [-0.4, -0.2) is 34.7 Å². The van der Waals surface area contributed by atoms with Crippen LogP contribution in [0, 0.1) is 6.92 Å². The minimum absolute atomic E-state index is 0.181. The highest BCUT2D eigenvalue weighted by Gasteiger charge is 2.41.